The normalized spacial score (nSPS) is 17.8. The van der Waals surface area contributed by atoms with Crippen molar-refractivity contribution in [2.24, 2.45) is 0 Å². The molecular formula is C21H25NO2. The number of benzene rings is 2. The molecule has 1 saturated heterocycles. The summed E-state index contributed by atoms with van der Waals surface area (Å²) in [6, 6.07) is 17.4. The largest absolute Gasteiger partial charge is 0.492 e. The molecule has 0 bridgehead atoms. The minimum Gasteiger partial charge on any atom is -0.492 e. The average molecular weight is 323 g/mol. The van der Waals surface area contributed by atoms with Crippen molar-refractivity contribution < 1.29 is 9.53 Å². The molecule has 3 rings (SSSR count). The van der Waals surface area contributed by atoms with Crippen LogP contribution in [0.15, 0.2) is 54.6 Å². The average Bonchev–Trinajstić information content (AvgIpc) is 3.08. The van der Waals surface area contributed by atoms with E-state index in [4.69, 9.17) is 4.74 Å². The van der Waals surface area contributed by atoms with Crippen LogP contribution in [0.5, 0.6) is 5.75 Å². The SMILES string of the molecule is CCCN1CCCC1COc1ccc(C(=O)c2ccccc2)cc1. The summed E-state index contributed by atoms with van der Waals surface area (Å²) >= 11 is 0. The first-order valence-electron chi connectivity index (χ1n) is 8.84. The van der Waals surface area contributed by atoms with E-state index in [1.807, 2.05) is 54.6 Å². The topological polar surface area (TPSA) is 29.5 Å². The Bertz CT molecular complexity index is 651. The fourth-order valence-electron chi connectivity index (χ4n) is 3.32. The summed E-state index contributed by atoms with van der Waals surface area (Å²) in [5.74, 6) is 0.884. The van der Waals surface area contributed by atoms with Gasteiger partial charge in [0.2, 0.25) is 0 Å². The van der Waals surface area contributed by atoms with Crippen LogP contribution in [-0.2, 0) is 0 Å². The second-order valence-corrected chi connectivity index (χ2v) is 6.36. The number of rotatable bonds is 7. The van der Waals surface area contributed by atoms with Gasteiger partial charge >= 0.3 is 0 Å². The molecule has 1 heterocycles. The zero-order valence-corrected chi connectivity index (χ0v) is 14.3. The Morgan fingerprint density at radius 2 is 1.79 bits per heavy atom. The van der Waals surface area contributed by atoms with Gasteiger partial charge in [0.1, 0.15) is 12.4 Å². The van der Waals surface area contributed by atoms with Crippen LogP contribution in [0.1, 0.15) is 42.1 Å². The molecule has 24 heavy (non-hydrogen) atoms. The predicted molar refractivity (Wildman–Crippen MR) is 96.7 cm³/mol. The molecule has 2 aromatic rings. The first-order chi connectivity index (χ1) is 11.8. The monoisotopic (exact) mass is 323 g/mol. The summed E-state index contributed by atoms with van der Waals surface area (Å²) in [5.41, 5.74) is 1.41. The number of ketones is 1. The summed E-state index contributed by atoms with van der Waals surface area (Å²) < 4.78 is 5.95. The summed E-state index contributed by atoms with van der Waals surface area (Å²) in [5, 5.41) is 0. The van der Waals surface area contributed by atoms with E-state index in [2.05, 4.69) is 11.8 Å². The number of hydrogen-bond donors (Lipinski definition) is 0. The molecule has 3 heteroatoms. The van der Waals surface area contributed by atoms with Crippen LogP contribution in [-0.4, -0.2) is 36.4 Å². The van der Waals surface area contributed by atoms with Crippen molar-refractivity contribution in [1.29, 1.82) is 0 Å². The maximum atomic E-state index is 12.4. The first-order valence-corrected chi connectivity index (χ1v) is 8.84. The highest BCUT2D eigenvalue weighted by Gasteiger charge is 2.24. The summed E-state index contributed by atoms with van der Waals surface area (Å²) in [6.07, 6.45) is 3.66. The van der Waals surface area contributed by atoms with Crippen molar-refractivity contribution in [3.8, 4) is 5.75 Å². The third-order valence-corrected chi connectivity index (χ3v) is 4.60. The molecule has 1 aliphatic heterocycles. The predicted octanol–water partition coefficient (Wildman–Crippen LogP) is 4.17. The Hall–Kier alpha value is -2.13. The molecule has 0 aliphatic carbocycles. The maximum absolute atomic E-state index is 12.4. The number of ether oxygens (including phenoxy) is 1. The minimum atomic E-state index is 0.0482. The van der Waals surface area contributed by atoms with Crippen LogP contribution < -0.4 is 4.74 Å². The molecule has 1 fully saturated rings. The van der Waals surface area contributed by atoms with E-state index >= 15 is 0 Å². The van der Waals surface area contributed by atoms with Gasteiger partial charge in [0.25, 0.3) is 0 Å². The third kappa shape index (κ3) is 4.04. The Labute approximate surface area is 144 Å². The molecule has 3 nitrogen and oxygen atoms in total. The van der Waals surface area contributed by atoms with Gasteiger partial charge in [-0.05, 0) is 56.6 Å². The van der Waals surface area contributed by atoms with E-state index in [-0.39, 0.29) is 5.78 Å². The van der Waals surface area contributed by atoms with Crippen LogP contribution in [0.4, 0.5) is 0 Å². The molecule has 0 amide bonds. The second kappa shape index (κ2) is 8.11. The van der Waals surface area contributed by atoms with Gasteiger partial charge in [-0.25, -0.2) is 0 Å². The van der Waals surface area contributed by atoms with Crippen molar-refractivity contribution in [2.45, 2.75) is 32.2 Å². The van der Waals surface area contributed by atoms with E-state index in [1.54, 1.807) is 0 Å². The standard InChI is InChI=1S/C21H25NO2/c1-2-14-22-15-6-9-19(22)16-24-20-12-10-18(11-13-20)21(23)17-7-4-3-5-8-17/h3-5,7-8,10-13,19H,2,6,9,14-16H2,1H3. The fourth-order valence-corrected chi connectivity index (χ4v) is 3.32. The first kappa shape index (κ1) is 16.7. The lowest BCUT2D eigenvalue weighted by molar-refractivity contribution is 0.103. The molecule has 1 atom stereocenters. The van der Waals surface area contributed by atoms with E-state index < -0.39 is 0 Å². The fraction of sp³-hybridized carbons (Fsp3) is 0.381. The highest BCUT2D eigenvalue weighted by Crippen LogP contribution is 2.20. The molecule has 0 aromatic heterocycles. The summed E-state index contributed by atoms with van der Waals surface area (Å²) in [7, 11) is 0. The molecular weight excluding hydrogens is 298 g/mol. The minimum absolute atomic E-state index is 0.0482. The Kier molecular flexibility index (Phi) is 5.65. The third-order valence-electron chi connectivity index (χ3n) is 4.60. The van der Waals surface area contributed by atoms with E-state index in [0.29, 0.717) is 17.2 Å². The molecule has 0 saturated carbocycles. The van der Waals surface area contributed by atoms with E-state index in [0.717, 1.165) is 18.9 Å². The van der Waals surface area contributed by atoms with Gasteiger partial charge in [0, 0.05) is 17.2 Å². The molecule has 0 radical (unpaired) electrons. The van der Waals surface area contributed by atoms with Gasteiger partial charge in [-0.1, -0.05) is 37.3 Å². The number of hydrogen-bond acceptors (Lipinski definition) is 3. The zero-order chi connectivity index (χ0) is 16.8. The van der Waals surface area contributed by atoms with Crippen molar-refractivity contribution in [1.82, 2.24) is 4.90 Å². The van der Waals surface area contributed by atoms with Crippen molar-refractivity contribution >= 4 is 5.78 Å². The Morgan fingerprint density at radius 3 is 2.50 bits per heavy atom. The van der Waals surface area contributed by atoms with Crippen molar-refractivity contribution in [3.63, 3.8) is 0 Å². The van der Waals surface area contributed by atoms with Crippen LogP contribution in [0.2, 0.25) is 0 Å². The highest BCUT2D eigenvalue weighted by atomic mass is 16.5. The Morgan fingerprint density at radius 1 is 1.08 bits per heavy atom. The quantitative estimate of drug-likeness (QED) is 0.716. The Balaban J connectivity index is 1.58. The second-order valence-electron chi connectivity index (χ2n) is 6.36. The van der Waals surface area contributed by atoms with Gasteiger partial charge in [-0.15, -0.1) is 0 Å². The number of carbonyl (C=O) groups is 1. The molecule has 126 valence electrons. The van der Waals surface area contributed by atoms with Gasteiger partial charge in [-0.2, -0.15) is 0 Å². The van der Waals surface area contributed by atoms with E-state index in [1.165, 1.54) is 25.8 Å². The lowest BCUT2D eigenvalue weighted by atomic mass is 10.0. The highest BCUT2D eigenvalue weighted by molar-refractivity contribution is 6.08. The van der Waals surface area contributed by atoms with Crippen LogP contribution in [0.25, 0.3) is 0 Å². The van der Waals surface area contributed by atoms with E-state index in [9.17, 15) is 4.79 Å². The van der Waals surface area contributed by atoms with Gasteiger partial charge in [0.15, 0.2) is 5.78 Å². The molecule has 0 spiro atoms. The summed E-state index contributed by atoms with van der Waals surface area (Å²) in [6.45, 7) is 5.29. The molecule has 0 N–H and O–H groups in total. The zero-order valence-electron chi connectivity index (χ0n) is 14.3. The number of likely N-dealkylation sites (tertiary alicyclic amines) is 1. The number of nitrogens with zero attached hydrogens (tertiary/aromatic N) is 1. The van der Waals surface area contributed by atoms with Crippen molar-refractivity contribution in [2.75, 3.05) is 19.7 Å². The molecule has 2 aromatic carbocycles. The van der Waals surface area contributed by atoms with Crippen molar-refractivity contribution in [3.05, 3.63) is 65.7 Å². The molecule has 1 unspecified atom stereocenters. The van der Waals surface area contributed by atoms with Crippen LogP contribution >= 0.6 is 0 Å². The maximum Gasteiger partial charge on any atom is 0.193 e. The molecule has 1 aliphatic rings. The number of carbonyl (C=O) groups excluding carboxylic acids is 1. The van der Waals surface area contributed by atoms with Crippen LogP contribution in [0, 0.1) is 0 Å². The van der Waals surface area contributed by atoms with Gasteiger partial charge in [0.05, 0.1) is 0 Å². The summed E-state index contributed by atoms with van der Waals surface area (Å²) in [4.78, 5) is 14.9. The van der Waals surface area contributed by atoms with Crippen LogP contribution in [0.3, 0.4) is 0 Å². The van der Waals surface area contributed by atoms with Gasteiger partial charge < -0.3 is 4.74 Å². The smallest absolute Gasteiger partial charge is 0.193 e. The lowest BCUT2D eigenvalue weighted by Crippen LogP contribution is -2.34. The lowest BCUT2D eigenvalue weighted by Gasteiger charge is -2.23. The van der Waals surface area contributed by atoms with Gasteiger partial charge in [-0.3, -0.25) is 9.69 Å².